The molecule has 1 saturated carbocycles. The Balaban J connectivity index is 1.80. The summed E-state index contributed by atoms with van der Waals surface area (Å²) in [5, 5.41) is 0. The van der Waals surface area contributed by atoms with Gasteiger partial charge in [-0.3, -0.25) is 9.78 Å². The molecule has 1 aliphatic carbocycles. The number of Topliss-reactive ketones (excluding diaryl/α,β-unsaturated/α-hetero) is 1. The van der Waals surface area contributed by atoms with Gasteiger partial charge in [0.25, 0.3) is 0 Å². The van der Waals surface area contributed by atoms with Crippen LogP contribution < -0.4 is 0 Å². The van der Waals surface area contributed by atoms with Crippen molar-refractivity contribution in [1.82, 2.24) is 4.98 Å². The molecule has 2 nitrogen and oxygen atoms in total. The molecule has 2 rings (SSSR count). The molecule has 0 unspecified atom stereocenters. The highest BCUT2D eigenvalue weighted by atomic mass is 16.1. The molecule has 0 atom stereocenters. The first-order valence-corrected chi connectivity index (χ1v) is 5.78. The molecule has 0 saturated heterocycles. The summed E-state index contributed by atoms with van der Waals surface area (Å²) in [7, 11) is 0. The van der Waals surface area contributed by atoms with Crippen molar-refractivity contribution in [2.75, 3.05) is 0 Å². The molecule has 2 heteroatoms. The van der Waals surface area contributed by atoms with E-state index in [2.05, 4.69) is 4.98 Å². The summed E-state index contributed by atoms with van der Waals surface area (Å²) >= 11 is 0. The summed E-state index contributed by atoms with van der Waals surface area (Å²) in [4.78, 5) is 15.8. The predicted molar refractivity (Wildman–Crippen MR) is 59.5 cm³/mol. The number of hydrogen-bond acceptors (Lipinski definition) is 2. The lowest BCUT2D eigenvalue weighted by Crippen LogP contribution is -2.11. The number of nitrogens with zero attached hydrogens (tertiary/aromatic N) is 1. The van der Waals surface area contributed by atoms with E-state index in [1.807, 2.05) is 18.3 Å². The maximum absolute atomic E-state index is 11.8. The third-order valence-corrected chi connectivity index (χ3v) is 3.19. The number of carbonyl (C=O) groups excluding carboxylic acids is 1. The number of hydrogen-bond donors (Lipinski definition) is 0. The van der Waals surface area contributed by atoms with Gasteiger partial charge in [0.15, 0.2) is 0 Å². The molecular formula is C13H17NO. The van der Waals surface area contributed by atoms with Gasteiger partial charge in [-0.15, -0.1) is 0 Å². The van der Waals surface area contributed by atoms with Crippen LogP contribution in [0.1, 0.15) is 37.7 Å². The zero-order valence-corrected chi connectivity index (χ0v) is 8.98. The summed E-state index contributed by atoms with van der Waals surface area (Å²) in [6.45, 7) is 0. The van der Waals surface area contributed by atoms with Gasteiger partial charge in [-0.2, -0.15) is 0 Å². The highest BCUT2D eigenvalue weighted by Gasteiger charge is 2.21. The number of rotatable bonds is 4. The van der Waals surface area contributed by atoms with Crippen molar-refractivity contribution in [3.8, 4) is 0 Å². The van der Waals surface area contributed by atoms with Gasteiger partial charge in [0, 0.05) is 24.7 Å². The second-order valence-corrected chi connectivity index (χ2v) is 4.31. The minimum absolute atomic E-state index is 0.363. The van der Waals surface area contributed by atoms with E-state index in [0.717, 1.165) is 19.3 Å². The third-order valence-electron chi connectivity index (χ3n) is 3.19. The van der Waals surface area contributed by atoms with E-state index in [-0.39, 0.29) is 0 Å². The second kappa shape index (κ2) is 5.06. The van der Waals surface area contributed by atoms with Crippen molar-refractivity contribution in [2.45, 2.75) is 38.5 Å². The van der Waals surface area contributed by atoms with Crippen LogP contribution in [0.3, 0.4) is 0 Å². The molecule has 0 amide bonds. The average Bonchev–Trinajstić information content (AvgIpc) is 2.81. The molecule has 0 radical (unpaired) electrons. The first kappa shape index (κ1) is 10.3. The summed E-state index contributed by atoms with van der Waals surface area (Å²) in [6, 6.07) is 3.96. The summed E-state index contributed by atoms with van der Waals surface area (Å²) in [6.07, 6.45) is 9.87. The smallest absolute Gasteiger partial charge is 0.136 e. The molecular weight excluding hydrogens is 186 g/mol. The number of aromatic nitrogens is 1. The first-order valence-electron chi connectivity index (χ1n) is 5.78. The van der Waals surface area contributed by atoms with Crippen molar-refractivity contribution in [3.05, 3.63) is 30.1 Å². The highest BCUT2D eigenvalue weighted by molar-refractivity contribution is 5.81. The fraction of sp³-hybridized carbons (Fsp3) is 0.538. The monoisotopic (exact) mass is 203 g/mol. The maximum Gasteiger partial charge on any atom is 0.136 e. The summed E-state index contributed by atoms with van der Waals surface area (Å²) in [5.41, 5.74) is 1.17. The lowest BCUT2D eigenvalue weighted by molar-refractivity contribution is -0.122. The summed E-state index contributed by atoms with van der Waals surface area (Å²) in [5.74, 6) is 0.818. The molecule has 1 fully saturated rings. The van der Waals surface area contributed by atoms with Crippen LogP contribution in [0.25, 0.3) is 0 Å². The van der Waals surface area contributed by atoms with Gasteiger partial charge in [0.05, 0.1) is 0 Å². The van der Waals surface area contributed by atoms with Crippen LogP contribution >= 0.6 is 0 Å². The Labute approximate surface area is 90.7 Å². The molecule has 0 N–H and O–H groups in total. The molecule has 0 aromatic carbocycles. The number of carbonyl (C=O) groups is 1. The molecule has 1 heterocycles. The van der Waals surface area contributed by atoms with Crippen molar-refractivity contribution in [2.24, 2.45) is 5.92 Å². The van der Waals surface area contributed by atoms with E-state index >= 15 is 0 Å². The van der Waals surface area contributed by atoms with Crippen LogP contribution in [-0.4, -0.2) is 10.8 Å². The lowest BCUT2D eigenvalue weighted by Gasteiger charge is -2.07. The van der Waals surface area contributed by atoms with Crippen molar-refractivity contribution in [1.29, 1.82) is 0 Å². The second-order valence-electron chi connectivity index (χ2n) is 4.31. The Hall–Kier alpha value is -1.18. The van der Waals surface area contributed by atoms with E-state index in [0.29, 0.717) is 18.1 Å². The molecule has 1 aromatic rings. The largest absolute Gasteiger partial charge is 0.299 e. The van der Waals surface area contributed by atoms with Gasteiger partial charge in [-0.1, -0.05) is 18.9 Å². The minimum Gasteiger partial charge on any atom is -0.299 e. The number of ketones is 1. The van der Waals surface area contributed by atoms with Gasteiger partial charge in [-0.05, 0) is 30.9 Å². The van der Waals surface area contributed by atoms with E-state index in [1.165, 1.54) is 18.4 Å². The molecule has 0 spiro atoms. The first-order chi connectivity index (χ1) is 7.36. The van der Waals surface area contributed by atoms with Gasteiger partial charge >= 0.3 is 0 Å². The molecule has 1 aliphatic rings. The molecule has 15 heavy (non-hydrogen) atoms. The fourth-order valence-corrected chi connectivity index (χ4v) is 2.27. The van der Waals surface area contributed by atoms with E-state index < -0.39 is 0 Å². The van der Waals surface area contributed by atoms with E-state index in [9.17, 15) is 4.79 Å². The van der Waals surface area contributed by atoms with E-state index in [1.54, 1.807) is 6.20 Å². The molecule has 80 valence electrons. The zero-order chi connectivity index (χ0) is 10.5. The van der Waals surface area contributed by atoms with E-state index in [4.69, 9.17) is 0 Å². The molecule has 0 aliphatic heterocycles. The average molecular weight is 203 g/mol. The topological polar surface area (TPSA) is 30.0 Å². The normalized spacial score (nSPS) is 16.8. The van der Waals surface area contributed by atoms with Gasteiger partial charge in [0.1, 0.15) is 5.78 Å². The predicted octanol–water partition coefficient (Wildman–Crippen LogP) is 2.77. The van der Waals surface area contributed by atoms with Crippen molar-refractivity contribution >= 4 is 5.78 Å². The van der Waals surface area contributed by atoms with Crippen LogP contribution in [0.2, 0.25) is 0 Å². The van der Waals surface area contributed by atoms with Crippen LogP contribution in [0.15, 0.2) is 24.5 Å². The SMILES string of the molecule is O=C(CCc1cccnc1)C1CCCC1. The Bertz CT molecular complexity index is 315. The number of aryl methyl sites for hydroxylation is 1. The maximum atomic E-state index is 11.8. The quantitative estimate of drug-likeness (QED) is 0.753. The van der Waals surface area contributed by atoms with Gasteiger partial charge in [-0.25, -0.2) is 0 Å². The van der Waals surface area contributed by atoms with Crippen LogP contribution in [-0.2, 0) is 11.2 Å². The summed E-state index contributed by atoms with van der Waals surface area (Å²) < 4.78 is 0. The standard InChI is InChI=1S/C13H17NO/c15-13(12-5-1-2-6-12)8-7-11-4-3-9-14-10-11/h3-4,9-10,12H,1-2,5-8H2. The van der Waals surface area contributed by atoms with Gasteiger partial charge in [0.2, 0.25) is 0 Å². The third kappa shape index (κ3) is 2.88. The van der Waals surface area contributed by atoms with Crippen LogP contribution in [0, 0.1) is 5.92 Å². The Kier molecular flexibility index (Phi) is 3.49. The minimum atomic E-state index is 0.363. The number of pyridine rings is 1. The van der Waals surface area contributed by atoms with Crippen molar-refractivity contribution < 1.29 is 4.79 Å². The van der Waals surface area contributed by atoms with Gasteiger partial charge < -0.3 is 0 Å². The van der Waals surface area contributed by atoms with Crippen LogP contribution in [0.5, 0.6) is 0 Å². The lowest BCUT2D eigenvalue weighted by atomic mass is 9.97. The molecule has 1 aromatic heterocycles. The Morgan fingerprint density at radius 1 is 1.40 bits per heavy atom. The van der Waals surface area contributed by atoms with Crippen LogP contribution in [0.4, 0.5) is 0 Å². The molecule has 0 bridgehead atoms. The highest BCUT2D eigenvalue weighted by Crippen LogP contribution is 2.26. The Morgan fingerprint density at radius 3 is 2.87 bits per heavy atom. The van der Waals surface area contributed by atoms with Crippen molar-refractivity contribution in [3.63, 3.8) is 0 Å². The Morgan fingerprint density at radius 2 is 2.20 bits per heavy atom. The zero-order valence-electron chi connectivity index (χ0n) is 8.98. The fourth-order valence-electron chi connectivity index (χ4n) is 2.27.